The molecule has 0 aliphatic carbocycles. The van der Waals surface area contributed by atoms with Crippen molar-refractivity contribution in [2.75, 3.05) is 0 Å². The fraction of sp³-hybridized carbons (Fsp3) is 0.143. The Balaban J connectivity index is 0.000000403. The minimum absolute atomic E-state index is 0. The monoisotopic (exact) mass is 398 g/mol. The normalized spacial score (nSPS) is 11.0. The number of aryl methyl sites for hydroxylation is 2. The van der Waals surface area contributed by atoms with E-state index in [4.69, 9.17) is 0 Å². The molecular formula is C14H14FeO6S2. The van der Waals surface area contributed by atoms with E-state index in [9.17, 15) is 25.9 Å². The van der Waals surface area contributed by atoms with Gasteiger partial charge in [0.2, 0.25) is 0 Å². The van der Waals surface area contributed by atoms with Gasteiger partial charge in [0.25, 0.3) is 0 Å². The van der Waals surface area contributed by atoms with Crippen LogP contribution in [0.5, 0.6) is 0 Å². The summed E-state index contributed by atoms with van der Waals surface area (Å²) in [4.78, 5) is -0.278. The number of benzene rings is 2. The van der Waals surface area contributed by atoms with E-state index >= 15 is 0 Å². The predicted octanol–water partition coefficient (Wildman–Crippen LogP) is 1.80. The van der Waals surface area contributed by atoms with Crippen LogP contribution in [0.15, 0.2) is 58.3 Å². The summed E-state index contributed by atoms with van der Waals surface area (Å²) in [5.74, 6) is 0. The molecule has 0 fully saturated rings. The summed E-state index contributed by atoms with van der Waals surface area (Å²) in [5.41, 5.74) is 0.977. The van der Waals surface area contributed by atoms with Crippen LogP contribution in [0, 0.1) is 13.8 Å². The third-order valence-corrected chi connectivity index (χ3v) is 4.72. The van der Waals surface area contributed by atoms with Crippen LogP contribution < -0.4 is 0 Å². The van der Waals surface area contributed by atoms with Crippen molar-refractivity contribution >= 4 is 20.2 Å². The largest absolute Gasteiger partial charge is 2.00 e. The second-order valence-corrected chi connectivity index (χ2v) is 7.14. The Labute approximate surface area is 146 Å². The number of hydrogen-bond acceptors (Lipinski definition) is 6. The zero-order valence-electron chi connectivity index (χ0n) is 12.2. The van der Waals surface area contributed by atoms with Crippen LogP contribution in [0.25, 0.3) is 0 Å². The van der Waals surface area contributed by atoms with Crippen LogP contribution in [0.2, 0.25) is 0 Å². The maximum atomic E-state index is 10.5. The van der Waals surface area contributed by atoms with Gasteiger partial charge in [-0.1, -0.05) is 36.4 Å². The van der Waals surface area contributed by atoms with Crippen LogP contribution in [0.4, 0.5) is 0 Å². The summed E-state index contributed by atoms with van der Waals surface area (Å²) >= 11 is 0. The SMILES string of the molecule is Cc1ccccc1S(=O)(=O)[O-].Cc1ccccc1S(=O)(=O)[O-].[Fe+2]. The van der Waals surface area contributed by atoms with Gasteiger partial charge in [-0.3, -0.25) is 0 Å². The van der Waals surface area contributed by atoms with E-state index in [1.54, 1.807) is 38.1 Å². The first-order chi connectivity index (χ1) is 10.0. The first-order valence-corrected chi connectivity index (χ1v) is 8.88. The minimum atomic E-state index is -4.28. The van der Waals surface area contributed by atoms with Crippen molar-refractivity contribution in [3.8, 4) is 0 Å². The maximum absolute atomic E-state index is 10.5. The van der Waals surface area contributed by atoms with Crippen molar-refractivity contribution in [1.82, 2.24) is 0 Å². The van der Waals surface area contributed by atoms with E-state index in [1.807, 2.05) is 0 Å². The van der Waals surface area contributed by atoms with Gasteiger partial charge in [-0.15, -0.1) is 0 Å². The Bertz CT molecular complexity index is 787. The molecule has 0 saturated heterocycles. The summed E-state index contributed by atoms with van der Waals surface area (Å²) in [5, 5.41) is 0. The average molecular weight is 398 g/mol. The molecule has 0 unspecified atom stereocenters. The molecule has 9 heteroatoms. The van der Waals surface area contributed by atoms with E-state index in [0.29, 0.717) is 11.1 Å². The average Bonchev–Trinajstić information content (AvgIpc) is 2.37. The fourth-order valence-corrected chi connectivity index (χ4v) is 3.09. The quantitative estimate of drug-likeness (QED) is 0.563. The van der Waals surface area contributed by atoms with Crippen molar-refractivity contribution in [1.29, 1.82) is 0 Å². The molecule has 0 atom stereocenters. The minimum Gasteiger partial charge on any atom is -0.744 e. The molecule has 2 aromatic rings. The molecule has 23 heavy (non-hydrogen) atoms. The summed E-state index contributed by atoms with van der Waals surface area (Å²) in [6.07, 6.45) is 0. The molecule has 0 bridgehead atoms. The van der Waals surface area contributed by atoms with Gasteiger partial charge in [0, 0.05) is 0 Å². The van der Waals surface area contributed by atoms with E-state index in [1.165, 1.54) is 24.3 Å². The zero-order valence-corrected chi connectivity index (χ0v) is 15.0. The molecule has 0 saturated carbocycles. The van der Waals surface area contributed by atoms with Crippen LogP contribution in [-0.4, -0.2) is 25.9 Å². The molecule has 0 aromatic heterocycles. The van der Waals surface area contributed by atoms with Gasteiger partial charge >= 0.3 is 17.1 Å². The summed E-state index contributed by atoms with van der Waals surface area (Å²) in [6, 6.07) is 12.2. The molecule has 0 aliphatic rings. The Morgan fingerprint density at radius 3 is 1.09 bits per heavy atom. The third-order valence-electron chi connectivity index (χ3n) is 2.73. The first-order valence-electron chi connectivity index (χ1n) is 6.06. The van der Waals surface area contributed by atoms with E-state index in [-0.39, 0.29) is 26.9 Å². The molecule has 0 spiro atoms. The van der Waals surface area contributed by atoms with Crippen molar-refractivity contribution in [3.05, 3.63) is 59.7 Å². The second-order valence-electron chi connectivity index (χ2n) is 4.44. The molecule has 6 nitrogen and oxygen atoms in total. The number of hydrogen-bond donors (Lipinski definition) is 0. The molecule has 0 amide bonds. The summed E-state index contributed by atoms with van der Waals surface area (Å²) < 4.78 is 63.0. The van der Waals surface area contributed by atoms with Gasteiger partial charge in [-0.05, 0) is 37.1 Å². The number of rotatable bonds is 2. The fourth-order valence-electron chi connectivity index (χ4n) is 1.67. The Morgan fingerprint density at radius 2 is 0.913 bits per heavy atom. The predicted molar refractivity (Wildman–Crippen MR) is 78.3 cm³/mol. The molecule has 0 N–H and O–H groups in total. The molecule has 2 aromatic carbocycles. The van der Waals surface area contributed by atoms with Crippen molar-refractivity contribution in [2.24, 2.45) is 0 Å². The Kier molecular flexibility index (Phi) is 8.13. The van der Waals surface area contributed by atoms with E-state index in [2.05, 4.69) is 0 Å². The molecule has 2 rings (SSSR count). The van der Waals surface area contributed by atoms with Gasteiger partial charge in [-0.2, -0.15) is 0 Å². The first kappa shape index (κ1) is 21.8. The van der Waals surface area contributed by atoms with E-state index < -0.39 is 20.2 Å². The molecular weight excluding hydrogens is 384 g/mol. The third kappa shape index (κ3) is 6.82. The Morgan fingerprint density at radius 1 is 0.652 bits per heavy atom. The van der Waals surface area contributed by atoms with Gasteiger partial charge in [0.1, 0.15) is 20.2 Å². The molecule has 0 heterocycles. The van der Waals surface area contributed by atoms with Crippen LogP contribution >= 0.6 is 0 Å². The maximum Gasteiger partial charge on any atom is 2.00 e. The van der Waals surface area contributed by atoms with Crippen LogP contribution in [-0.2, 0) is 37.3 Å². The van der Waals surface area contributed by atoms with E-state index in [0.717, 1.165) is 0 Å². The summed E-state index contributed by atoms with van der Waals surface area (Å²) in [7, 11) is -8.57. The second kappa shape index (κ2) is 8.58. The van der Waals surface area contributed by atoms with Crippen LogP contribution in [0.1, 0.15) is 11.1 Å². The molecule has 0 aliphatic heterocycles. The van der Waals surface area contributed by atoms with Gasteiger partial charge in [0.15, 0.2) is 0 Å². The standard InChI is InChI=1S/2C7H8O3S.Fe/c2*1-6-4-2-3-5-7(6)11(8,9)10;/h2*2-5H,1H3,(H,8,9,10);/q;;+2/p-2. The molecule has 0 radical (unpaired) electrons. The van der Waals surface area contributed by atoms with Crippen molar-refractivity contribution in [3.63, 3.8) is 0 Å². The van der Waals surface area contributed by atoms with Crippen molar-refractivity contribution < 1.29 is 43.0 Å². The smallest absolute Gasteiger partial charge is 0.744 e. The van der Waals surface area contributed by atoms with Gasteiger partial charge < -0.3 is 9.11 Å². The van der Waals surface area contributed by atoms with Crippen molar-refractivity contribution in [2.45, 2.75) is 23.6 Å². The topological polar surface area (TPSA) is 114 Å². The van der Waals surface area contributed by atoms with Gasteiger partial charge in [-0.25, -0.2) is 16.8 Å². The zero-order chi connectivity index (χ0) is 17.0. The Hall–Kier alpha value is -1.22. The van der Waals surface area contributed by atoms with Gasteiger partial charge in [0.05, 0.1) is 9.79 Å². The summed E-state index contributed by atoms with van der Waals surface area (Å²) in [6.45, 7) is 3.18. The molecule has 126 valence electrons. The van der Waals surface area contributed by atoms with Crippen LogP contribution in [0.3, 0.4) is 0 Å².